The van der Waals surface area contributed by atoms with E-state index in [2.05, 4.69) is 20.9 Å². The summed E-state index contributed by atoms with van der Waals surface area (Å²) < 4.78 is 2.12. The van der Waals surface area contributed by atoms with Gasteiger partial charge in [-0.05, 0) is 37.9 Å². The number of benzene rings is 1. The van der Waals surface area contributed by atoms with E-state index in [9.17, 15) is 4.79 Å². The lowest BCUT2D eigenvalue weighted by Gasteiger charge is -2.11. The second-order valence-electron chi connectivity index (χ2n) is 5.40. The Morgan fingerprint density at radius 1 is 1.38 bits per heavy atom. The molecule has 3 N–H and O–H groups in total. The number of nitrogens with one attached hydrogen (secondary N) is 1. The maximum Gasteiger partial charge on any atom is 0.222 e. The first-order chi connectivity index (χ1) is 10.2. The molecule has 0 bridgehead atoms. The van der Waals surface area contributed by atoms with Gasteiger partial charge in [-0.15, -0.1) is 0 Å². The highest BCUT2D eigenvalue weighted by atomic mass is 16.1. The van der Waals surface area contributed by atoms with Gasteiger partial charge in [-0.3, -0.25) is 4.79 Å². The summed E-state index contributed by atoms with van der Waals surface area (Å²) in [6, 6.07) is 8.08. The molecule has 1 atom stereocenters. The Bertz CT molecular complexity index is 578. The van der Waals surface area contributed by atoms with Crippen LogP contribution in [0.15, 0.2) is 30.6 Å². The summed E-state index contributed by atoms with van der Waals surface area (Å²) >= 11 is 0. The number of para-hydroxylation sites is 2. The summed E-state index contributed by atoms with van der Waals surface area (Å²) in [5, 5.41) is 2.99. The number of aromatic nitrogens is 2. The molecule has 2 aromatic rings. The van der Waals surface area contributed by atoms with Gasteiger partial charge in [0.15, 0.2) is 0 Å². The van der Waals surface area contributed by atoms with E-state index in [1.807, 2.05) is 31.5 Å². The number of hydrogen-bond donors (Lipinski definition) is 2. The lowest BCUT2D eigenvalue weighted by molar-refractivity contribution is -0.124. The number of fused-ring (bicyclic) bond motifs is 1. The molecule has 21 heavy (non-hydrogen) atoms. The first-order valence-electron chi connectivity index (χ1n) is 7.60. The molecule has 1 aromatic carbocycles. The van der Waals surface area contributed by atoms with Crippen LogP contribution in [0.4, 0.5) is 0 Å². The van der Waals surface area contributed by atoms with E-state index in [0.29, 0.717) is 13.1 Å². The Kier molecular flexibility index (Phi) is 5.75. The fourth-order valence-corrected chi connectivity index (χ4v) is 2.38. The van der Waals surface area contributed by atoms with E-state index in [1.165, 1.54) is 0 Å². The van der Waals surface area contributed by atoms with E-state index in [1.54, 1.807) is 0 Å². The molecule has 1 unspecified atom stereocenters. The molecule has 2 rings (SSSR count). The van der Waals surface area contributed by atoms with Gasteiger partial charge in [0.1, 0.15) is 0 Å². The van der Waals surface area contributed by atoms with E-state index in [0.717, 1.165) is 36.8 Å². The minimum Gasteiger partial charge on any atom is -0.356 e. The minimum atomic E-state index is 0.0441. The van der Waals surface area contributed by atoms with E-state index in [4.69, 9.17) is 5.73 Å². The molecule has 0 saturated carbocycles. The van der Waals surface area contributed by atoms with Crippen molar-refractivity contribution < 1.29 is 4.79 Å². The Morgan fingerprint density at radius 2 is 2.19 bits per heavy atom. The van der Waals surface area contributed by atoms with E-state index >= 15 is 0 Å². The predicted molar refractivity (Wildman–Crippen MR) is 84.8 cm³/mol. The first-order valence-corrected chi connectivity index (χ1v) is 7.60. The first kappa shape index (κ1) is 15.5. The zero-order valence-electron chi connectivity index (χ0n) is 12.6. The van der Waals surface area contributed by atoms with Gasteiger partial charge in [0.25, 0.3) is 0 Å². The molecule has 1 aromatic heterocycles. The molecule has 5 nitrogen and oxygen atoms in total. The van der Waals surface area contributed by atoms with E-state index in [-0.39, 0.29) is 11.8 Å². The highest BCUT2D eigenvalue weighted by Gasteiger charge is 2.11. The lowest BCUT2D eigenvalue weighted by Crippen LogP contribution is -2.30. The maximum absolute atomic E-state index is 11.9. The molecule has 0 saturated heterocycles. The number of hydrogen-bond acceptors (Lipinski definition) is 3. The van der Waals surface area contributed by atoms with E-state index < -0.39 is 0 Å². The monoisotopic (exact) mass is 288 g/mol. The summed E-state index contributed by atoms with van der Waals surface area (Å²) in [6.45, 7) is 4.15. The Balaban J connectivity index is 1.73. The Hall–Kier alpha value is -1.88. The smallest absolute Gasteiger partial charge is 0.222 e. The van der Waals surface area contributed by atoms with Crippen LogP contribution < -0.4 is 11.1 Å². The number of carbonyl (C=O) groups excluding carboxylic acids is 1. The van der Waals surface area contributed by atoms with Crippen LogP contribution in [0.3, 0.4) is 0 Å². The number of amides is 1. The standard InChI is InChI=1S/C16H24N4O/c1-13(6-4-9-17)16(21)18-10-5-11-20-12-19-14-7-2-3-8-15(14)20/h2-3,7-8,12-13H,4-6,9-11,17H2,1H3,(H,18,21). The number of aryl methyl sites for hydroxylation is 1. The molecule has 114 valence electrons. The van der Waals surface area contributed by atoms with Gasteiger partial charge in [0, 0.05) is 19.0 Å². The highest BCUT2D eigenvalue weighted by Crippen LogP contribution is 2.12. The van der Waals surface area contributed by atoms with Crippen LogP contribution in [-0.2, 0) is 11.3 Å². The minimum absolute atomic E-state index is 0.0441. The van der Waals surface area contributed by atoms with Crippen LogP contribution >= 0.6 is 0 Å². The van der Waals surface area contributed by atoms with Gasteiger partial charge >= 0.3 is 0 Å². The summed E-state index contributed by atoms with van der Waals surface area (Å²) in [7, 11) is 0. The summed E-state index contributed by atoms with van der Waals surface area (Å²) in [5.74, 6) is 0.168. The van der Waals surface area contributed by atoms with Gasteiger partial charge in [0.2, 0.25) is 5.91 Å². The Morgan fingerprint density at radius 3 is 3.00 bits per heavy atom. The largest absolute Gasteiger partial charge is 0.356 e. The van der Waals surface area contributed by atoms with Crippen LogP contribution in [0.1, 0.15) is 26.2 Å². The van der Waals surface area contributed by atoms with Crippen molar-refractivity contribution in [1.82, 2.24) is 14.9 Å². The van der Waals surface area contributed by atoms with Gasteiger partial charge < -0.3 is 15.6 Å². The zero-order chi connectivity index (χ0) is 15.1. The van der Waals surface area contributed by atoms with Gasteiger partial charge in [-0.2, -0.15) is 0 Å². The number of carbonyl (C=O) groups is 1. The van der Waals surface area contributed by atoms with Gasteiger partial charge in [-0.1, -0.05) is 19.1 Å². The topological polar surface area (TPSA) is 72.9 Å². The highest BCUT2D eigenvalue weighted by molar-refractivity contribution is 5.78. The molecule has 0 aliphatic carbocycles. The summed E-state index contributed by atoms with van der Waals surface area (Å²) in [6.07, 6.45) is 4.51. The average molecular weight is 288 g/mol. The summed E-state index contributed by atoms with van der Waals surface area (Å²) in [5.41, 5.74) is 7.61. The Labute approximate surface area is 125 Å². The molecule has 1 heterocycles. The summed E-state index contributed by atoms with van der Waals surface area (Å²) in [4.78, 5) is 16.2. The van der Waals surface area contributed by atoms with Crippen molar-refractivity contribution in [3.63, 3.8) is 0 Å². The van der Waals surface area contributed by atoms with Crippen molar-refractivity contribution in [3.8, 4) is 0 Å². The van der Waals surface area contributed by atoms with Gasteiger partial charge in [-0.25, -0.2) is 4.98 Å². The van der Waals surface area contributed by atoms with Crippen LogP contribution in [0.5, 0.6) is 0 Å². The van der Waals surface area contributed by atoms with Crippen molar-refractivity contribution in [1.29, 1.82) is 0 Å². The molecule has 0 fully saturated rings. The van der Waals surface area contributed by atoms with Crippen LogP contribution in [0, 0.1) is 5.92 Å². The molecular weight excluding hydrogens is 264 g/mol. The van der Waals surface area contributed by atoms with Crippen LogP contribution in [0.25, 0.3) is 11.0 Å². The normalized spacial score (nSPS) is 12.5. The number of imidazole rings is 1. The third-order valence-electron chi connectivity index (χ3n) is 3.69. The second kappa shape index (κ2) is 7.78. The third-order valence-corrected chi connectivity index (χ3v) is 3.69. The molecule has 0 aliphatic rings. The fourth-order valence-electron chi connectivity index (χ4n) is 2.38. The molecule has 0 aliphatic heterocycles. The maximum atomic E-state index is 11.9. The SMILES string of the molecule is CC(CCCN)C(=O)NCCCn1cnc2ccccc21. The van der Waals surface area contributed by atoms with Crippen molar-refractivity contribution in [2.75, 3.05) is 13.1 Å². The molecule has 0 spiro atoms. The predicted octanol–water partition coefficient (Wildman–Crippen LogP) is 1.92. The van der Waals surface area contributed by atoms with Crippen molar-refractivity contribution in [2.24, 2.45) is 11.7 Å². The number of nitrogens with two attached hydrogens (primary N) is 1. The zero-order valence-corrected chi connectivity index (χ0v) is 12.6. The van der Waals surface area contributed by atoms with Crippen LogP contribution in [0.2, 0.25) is 0 Å². The molecular formula is C16H24N4O. The number of rotatable bonds is 8. The molecule has 1 amide bonds. The second-order valence-corrected chi connectivity index (χ2v) is 5.40. The third kappa shape index (κ3) is 4.29. The lowest BCUT2D eigenvalue weighted by atomic mass is 10.1. The molecule has 5 heteroatoms. The van der Waals surface area contributed by atoms with Gasteiger partial charge in [0.05, 0.1) is 17.4 Å². The van der Waals surface area contributed by atoms with Crippen molar-refractivity contribution in [3.05, 3.63) is 30.6 Å². The fraction of sp³-hybridized carbons (Fsp3) is 0.500. The molecule has 0 radical (unpaired) electrons. The van der Waals surface area contributed by atoms with Crippen LogP contribution in [-0.4, -0.2) is 28.5 Å². The quantitative estimate of drug-likeness (QED) is 0.729. The average Bonchev–Trinajstić information content (AvgIpc) is 2.92. The number of nitrogens with zero attached hydrogens (tertiary/aromatic N) is 2. The van der Waals surface area contributed by atoms with Crippen molar-refractivity contribution >= 4 is 16.9 Å². The van der Waals surface area contributed by atoms with Crippen molar-refractivity contribution in [2.45, 2.75) is 32.7 Å².